The molecule has 2 aromatic carbocycles. The van der Waals surface area contributed by atoms with Gasteiger partial charge >= 0.3 is 5.56 Å². The molecule has 1 aromatic heterocycles. The first-order chi connectivity index (χ1) is 15.1. The highest BCUT2D eigenvalue weighted by atomic mass is 16.5. The first-order valence-electron chi connectivity index (χ1n) is 10.5. The van der Waals surface area contributed by atoms with E-state index in [2.05, 4.69) is 11.0 Å². The number of hydrogen-bond donors (Lipinski definition) is 0. The number of aromatic nitrogens is 2. The van der Waals surface area contributed by atoms with Gasteiger partial charge in [-0.1, -0.05) is 18.2 Å². The Morgan fingerprint density at radius 3 is 2.65 bits per heavy atom. The molecule has 7 nitrogen and oxygen atoms in total. The van der Waals surface area contributed by atoms with Gasteiger partial charge in [0.2, 0.25) is 0 Å². The summed E-state index contributed by atoms with van der Waals surface area (Å²) in [4.78, 5) is 15.5. The van der Waals surface area contributed by atoms with Crippen molar-refractivity contribution < 1.29 is 14.2 Å². The topological polar surface area (TPSA) is 65.8 Å². The summed E-state index contributed by atoms with van der Waals surface area (Å²) in [6, 6.07) is 15.4. The van der Waals surface area contributed by atoms with E-state index in [9.17, 15) is 4.79 Å². The Labute approximate surface area is 181 Å². The summed E-state index contributed by atoms with van der Waals surface area (Å²) in [6.07, 6.45) is 0. The first-order valence-corrected chi connectivity index (χ1v) is 10.5. The number of ether oxygens (including phenoxy) is 3. The molecule has 0 aliphatic carbocycles. The Balaban J connectivity index is 1.85. The van der Waals surface area contributed by atoms with Crippen LogP contribution < -0.4 is 19.9 Å². The van der Waals surface area contributed by atoms with Crippen LogP contribution in [0.5, 0.6) is 11.5 Å². The summed E-state index contributed by atoms with van der Waals surface area (Å²) >= 11 is 0. The number of anilines is 1. The smallest absolute Gasteiger partial charge is 0.313 e. The fourth-order valence-electron chi connectivity index (χ4n) is 3.66. The number of methoxy groups -OCH3 is 1. The van der Waals surface area contributed by atoms with Gasteiger partial charge in [0.15, 0.2) is 5.75 Å². The van der Waals surface area contributed by atoms with Crippen molar-refractivity contribution in [3.63, 3.8) is 0 Å². The molecule has 1 saturated heterocycles. The van der Waals surface area contributed by atoms with E-state index >= 15 is 0 Å². The van der Waals surface area contributed by atoms with Crippen molar-refractivity contribution in [1.82, 2.24) is 9.78 Å². The van der Waals surface area contributed by atoms with Crippen molar-refractivity contribution in [2.45, 2.75) is 13.8 Å². The molecule has 162 valence electrons. The van der Waals surface area contributed by atoms with Crippen LogP contribution in [0, 0.1) is 6.92 Å². The van der Waals surface area contributed by atoms with Crippen LogP contribution in [0.2, 0.25) is 0 Å². The molecule has 0 bridgehead atoms. The van der Waals surface area contributed by atoms with E-state index in [1.165, 1.54) is 4.68 Å². The van der Waals surface area contributed by atoms with Crippen LogP contribution in [0.3, 0.4) is 0 Å². The first kappa shape index (κ1) is 20.9. The molecular formula is C24H27N3O4. The molecule has 4 rings (SSSR count). The molecule has 3 aromatic rings. The Morgan fingerprint density at radius 1 is 1.10 bits per heavy atom. The monoisotopic (exact) mass is 421 g/mol. The zero-order chi connectivity index (χ0) is 21.8. The number of hydrogen-bond acceptors (Lipinski definition) is 6. The van der Waals surface area contributed by atoms with E-state index in [0.717, 1.165) is 41.3 Å². The lowest BCUT2D eigenvalue weighted by atomic mass is 10.1. The predicted octanol–water partition coefficient (Wildman–Crippen LogP) is 3.45. The lowest BCUT2D eigenvalue weighted by Gasteiger charge is -2.29. The molecule has 0 saturated carbocycles. The SMILES string of the molecule is CCOc1cc(-c2cccc(OC)c2)nn(-c2cc(N3CCOCC3)ccc2C)c1=O. The largest absolute Gasteiger partial charge is 0.497 e. The average Bonchev–Trinajstić information content (AvgIpc) is 2.81. The van der Waals surface area contributed by atoms with Crippen molar-refractivity contribution in [1.29, 1.82) is 0 Å². The Kier molecular flexibility index (Phi) is 6.23. The highest BCUT2D eigenvalue weighted by molar-refractivity contribution is 5.63. The molecule has 7 heteroatoms. The van der Waals surface area contributed by atoms with E-state index in [1.54, 1.807) is 13.2 Å². The summed E-state index contributed by atoms with van der Waals surface area (Å²) in [7, 11) is 1.62. The van der Waals surface area contributed by atoms with Gasteiger partial charge in [0, 0.05) is 30.4 Å². The van der Waals surface area contributed by atoms with Gasteiger partial charge in [0.1, 0.15) is 5.75 Å². The van der Waals surface area contributed by atoms with Gasteiger partial charge in [-0.2, -0.15) is 9.78 Å². The van der Waals surface area contributed by atoms with Crippen LogP contribution >= 0.6 is 0 Å². The molecule has 0 atom stereocenters. The maximum absolute atomic E-state index is 13.2. The summed E-state index contributed by atoms with van der Waals surface area (Å²) in [5.41, 5.74) is 3.93. The highest BCUT2D eigenvalue weighted by Crippen LogP contribution is 2.26. The highest BCUT2D eigenvalue weighted by Gasteiger charge is 2.17. The minimum Gasteiger partial charge on any atom is -0.497 e. The van der Waals surface area contributed by atoms with Crippen LogP contribution in [0.1, 0.15) is 12.5 Å². The van der Waals surface area contributed by atoms with Gasteiger partial charge in [-0.25, -0.2) is 0 Å². The van der Waals surface area contributed by atoms with E-state index < -0.39 is 0 Å². The zero-order valence-electron chi connectivity index (χ0n) is 18.1. The maximum Gasteiger partial charge on any atom is 0.313 e. The normalized spacial score (nSPS) is 13.8. The number of benzene rings is 2. The fraction of sp³-hybridized carbons (Fsp3) is 0.333. The lowest BCUT2D eigenvalue weighted by molar-refractivity contribution is 0.122. The summed E-state index contributed by atoms with van der Waals surface area (Å²) in [5.74, 6) is 0.993. The predicted molar refractivity (Wildman–Crippen MR) is 121 cm³/mol. The molecular weight excluding hydrogens is 394 g/mol. The maximum atomic E-state index is 13.2. The second-order valence-corrected chi connectivity index (χ2v) is 7.35. The van der Waals surface area contributed by atoms with Gasteiger partial charge < -0.3 is 19.1 Å². The fourth-order valence-corrected chi connectivity index (χ4v) is 3.66. The number of morpholine rings is 1. The Bertz CT molecular complexity index is 1120. The van der Waals surface area contributed by atoms with Gasteiger partial charge in [0.25, 0.3) is 0 Å². The van der Waals surface area contributed by atoms with Crippen LogP contribution in [-0.2, 0) is 4.74 Å². The minimum absolute atomic E-state index is 0.270. The quantitative estimate of drug-likeness (QED) is 0.607. The van der Waals surface area contributed by atoms with Crippen LogP contribution in [0.15, 0.2) is 53.3 Å². The van der Waals surface area contributed by atoms with Gasteiger partial charge in [-0.15, -0.1) is 0 Å². The third-order valence-corrected chi connectivity index (χ3v) is 5.34. The van der Waals surface area contributed by atoms with Crippen molar-refractivity contribution in [2.24, 2.45) is 0 Å². The van der Waals surface area contributed by atoms with Crippen LogP contribution in [0.4, 0.5) is 5.69 Å². The van der Waals surface area contributed by atoms with Gasteiger partial charge in [0.05, 0.1) is 38.3 Å². The second kappa shape index (κ2) is 9.22. The van der Waals surface area contributed by atoms with E-state index in [0.29, 0.717) is 25.5 Å². The molecule has 1 aliphatic rings. The molecule has 2 heterocycles. The van der Waals surface area contributed by atoms with Crippen LogP contribution in [-0.4, -0.2) is 49.8 Å². The molecule has 0 unspecified atom stereocenters. The molecule has 0 spiro atoms. The van der Waals surface area contributed by atoms with Gasteiger partial charge in [-0.3, -0.25) is 4.79 Å². The van der Waals surface area contributed by atoms with Crippen molar-refractivity contribution in [3.05, 3.63) is 64.4 Å². The summed E-state index contributed by atoms with van der Waals surface area (Å²) < 4.78 is 17.9. The average molecular weight is 421 g/mol. The molecule has 0 amide bonds. The van der Waals surface area contributed by atoms with Gasteiger partial charge in [-0.05, 0) is 43.7 Å². The second-order valence-electron chi connectivity index (χ2n) is 7.35. The van der Waals surface area contributed by atoms with E-state index in [1.807, 2.05) is 50.2 Å². The third kappa shape index (κ3) is 4.41. The molecule has 1 fully saturated rings. The zero-order valence-corrected chi connectivity index (χ0v) is 18.1. The van der Waals surface area contributed by atoms with E-state index in [4.69, 9.17) is 19.3 Å². The molecule has 0 radical (unpaired) electrons. The molecule has 1 aliphatic heterocycles. The van der Waals surface area contributed by atoms with Crippen molar-refractivity contribution >= 4 is 5.69 Å². The van der Waals surface area contributed by atoms with Crippen molar-refractivity contribution in [3.8, 4) is 28.4 Å². The number of rotatable bonds is 6. The van der Waals surface area contributed by atoms with Crippen molar-refractivity contribution in [2.75, 3.05) is 44.9 Å². The Hall–Kier alpha value is -3.32. The molecule has 31 heavy (non-hydrogen) atoms. The number of nitrogens with zero attached hydrogens (tertiary/aromatic N) is 3. The van der Waals surface area contributed by atoms with E-state index in [-0.39, 0.29) is 11.3 Å². The molecule has 0 N–H and O–H groups in total. The Morgan fingerprint density at radius 2 is 1.90 bits per heavy atom. The summed E-state index contributed by atoms with van der Waals surface area (Å²) in [5, 5.41) is 4.70. The summed E-state index contributed by atoms with van der Waals surface area (Å²) in [6.45, 7) is 7.26. The third-order valence-electron chi connectivity index (χ3n) is 5.34. The standard InChI is InChI=1S/C24H27N3O4/c1-4-31-23-16-21(18-6-5-7-20(14-18)29-3)25-27(24(23)28)22-15-19(9-8-17(22)2)26-10-12-30-13-11-26/h5-9,14-16H,4,10-13H2,1-3H3. The lowest BCUT2D eigenvalue weighted by Crippen LogP contribution is -2.36. The van der Waals surface area contributed by atoms with Crippen LogP contribution in [0.25, 0.3) is 16.9 Å². The number of aryl methyl sites for hydroxylation is 1. The minimum atomic E-state index is -0.282.